The number of carbonyl (C=O) groups excluding carboxylic acids is 1. The van der Waals surface area contributed by atoms with Crippen molar-refractivity contribution in [2.75, 3.05) is 5.32 Å². The molecule has 0 bridgehead atoms. The zero-order valence-corrected chi connectivity index (χ0v) is 13.0. The van der Waals surface area contributed by atoms with Gasteiger partial charge in [-0.15, -0.1) is 0 Å². The maximum atomic E-state index is 12.2. The van der Waals surface area contributed by atoms with Crippen LogP contribution in [-0.4, -0.2) is 5.91 Å². The van der Waals surface area contributed by atoms with Gasteiger partial charge in [-0.2, -0.15) is 0 Å². The SMILES string of the molecule is Cc1cccc(C(=O)Nc2cccc(C)c2Br)c1Cl. The van der Waals surface area contributed by atoms with Crippen molar-refractivity contribution in [1.29, 1.82) is 0 Å². The Kier molecular flexibility index (Phi) is 4.27. The molecule has 0 fully saturated rings. The number of anilines is 1. The summed E-state index contributed by atoms with van der Waals surface area (Å²) in [5, 5.41) is 3.35. The van der Waals surface area contributed by atoms with Gasteiger partial charge in [0.15, 0.2) is 0 Å². The lowest BCUT2D eigenvalue weighted by atomic mass is 10.1. The van der Waals surface area contributed by atoms with Gasteiger partial charge in [0.25, 0.3) is 5.91 Å². The van der Waals surface area contributed by atoms with E-state index < -0.39 is 0 Å². The van der Waals surface area contributed by atoms with Crippen molar-refractivity contribution in [2.24, 2.45) is 0 Å². The molecule has 2 rings (SSSR count). The number of halogens is 2. The number of nitrogens with one attached hydrogen (secondary N) is 1. The number of rotatable bonds is 2. The van der Waals surface area contributed by atoms with Crippen LogP contribution in [0.4, 0.5) is 5.69 Å². The first-order chi connectivity index (χ1) is 9.00. The number of amides is 1. The summed E-state index contributed by atoms with van der Waals surface area (Å²) in [6.07, 6.45) is 0. The molecular weight excluding hydrogens is 326 g/mol. The summed E-state index contributed by atoms with van der Waals surface area (Å²) in [6, 6.07) is 11.1. The topological polar surface area (TPSA) is 29.1 Å². The molecule has 2 aromatic rings. The molecule has 0 aliphatic carbocycles. The first kappa shape index (κ1) is 14.1. The van der Waals surface area contributed by atoms with Crippen LogP contribution >= 0.6 is 27.5 Å². The molecule has 19 heavy (non-hydrogen) atoms. The molecule has 0 unspecified atom stereocenters. The third-order valence-corrected chi connectivity index (χ3v) is 4.43. The van der Waals surface area contributed by atoms with Gasteiger partial charge in [0.2, 0.25) is 0 Å². The number of aryl methyl sites for hydroxylation is 2. The second kappa shape index (κ2) is 5.76. The Bertz CT molecular complexity index is 640. The maximum absolute atomic E-state index is 12.2. The van der Waals surface area contributed by atoms with Crippen molar-refractivity contribution < 1.29 is 4.79 Å². The van der Waals surface area contributed by atoms with Crippen LogP contribution in [0.1, 0.15) is 21.5 Å². The van der Waals surface area contributed by atoms with Crippen LogP contribution < -0.4 is 5.32 Å². The standard InChI is InChI=1S/C15H13BrClNO/c1-9-5-4-8-12(13(9)16)18-15(19)11-7-3-6-10(2)14(11)17/h3-8H,1-2H3,(H,18,19). The lowest BCUT2D eigenvalue weighted by Crippen LogP contribution is -2.13. The van der Waals surface area contributed by atoms with Gasteiger partial charge < -0.3 is 5.32 Å². The normalized spacial score (nSPS) is 10.3. The van der Waals surface area contributed by atoms with E-state index in [2.05, 4.69) is 21.2 Å². The Morgan fingerprint density at radius 2 is 1.74 bits per heavy atom. The molecule has 0 heterocycles. The van der Waals surface area contributed by atoms with Crippen LogP contribution in [0.15, 0.2) is 40.9 Å². The van der Waals surface area contributed by atoms with Gasteiger partial charge in [-0.3, -0.25) is 4.79 Å². The Balaban J connectivity index is 2.31. The van der Waals surface area contributed by atoms with E-state index in [4.69, 9.17) is 11.6 Å². The number of hydrogen-bond acceptors (Lipinski definition) is 1. The van der Waals surface area contributed by atoms with E-state index in [-0.39, 0.29) is 5.91 Å². The van der Waals surface area contributed by atoms with Crippen LogP contribution in [-0.2, 0) is 0 Å². The number of carbonyl (C=O) groups is 1. The van der Waals surface area contributed by atoms with E-state index in [0.29, 0.717) is 10.6 Å². The molecule has 0 spiro atoms. The molecule has 0 aliphatic heterocycles. The number of benzene rings is 2. The minimum absolute atomic E-state index is 0.208. The Hall–Kier alpha value is -1.32. The lowest BCUT2D eigenvalue weighted by molar-refractivity contribution is 0.102. The first-order valence-corrected chi connectivity index (χ1v) is 6.99. The third-order valence-electron chi connectivity index (χ3n) is 2.88. The molecule has 98 valence electrons. The summed E-state index contributed by atoms with van der Waals surface area (Å²) in [6.45, 7) is 3.85. The monoisotopic (exact) mass is 337 g/mol. The average Bonchev–Trinajstić information content (AvgIpc) is 2.38. The molecule has 0 aliphatic rings. The molecule has 2 aromatic carbocycles. The van der Waals surface area contributed by atoms with E-state index >= 15 is 0 Å². The van der Waals surface area contributed by atoms with E-state index in [1.165, 1.54) is 0 Å². The highest BCUT2D eigenvalue weighted by atomic mass is 79.9. The van der Waals surface area contributed by atoms with Gasteiger partial charge in [-0.1, -0.05) is 35.9 Å². The Morgan fingerprint density at radius 1 is 1.11 bits per heavy atom. The van der Waals surface area contributed by atoms with Crippen molar-refractivity contribution in [3.8, 4) is 0 Å². The highest BCUT2D eigenvalue weighted by Gasteiger charge is 2.13. The summed E-state index contributed by atoms with van der Waals surface area (Å²) in [7, 11) is 0. The van der Waals surface area contributed by atoms with Gasteiger partial charge in [0, 0.05) is 4.47 Å². The smallest absolute Gasteiger partial charge is 0.257 e. The third kappa shape index (κ3) is 2.99. The fraction of sp³-hybridized carbons (Fsp3) is 0.133. The predicted molar refractivity (Wildman–Crippen MR) is 83.0 cm³/mol. The fourth-order valence-corrected chi connectivity index (χ4v) is 2.33. The molecule has 4 heteroatoms. The second-order valence-electron chi connectivity index (χ2n) is 4.33. The molecule has 0 radical (unpaired) electrons. The second-order valence-corrected chi connectivity index (χ2v) is 5.50. The van der Waals surface area contributed by atoms with Crippen molar-refractivity contribution in [1.82, 2.24) is 0 Å². The van der Waals surface area contributed by atoms with Gasteiger partial charge in [0.05, 0.1) is 16.3 Å². The molecule has 0 saturated heterocycles. The lowest BCUT2D eigenvalue weighted by Gasteiger charge is -2.11. The highest BCUT2D eigenvalue weighted by molar-refractivity contribution is 9.10. The maximum Gasteiger partial charge on any atom is 0.257 e. The van der Waals surface area contributed by atoms with Crippen LogP contribution in [0.3, 0.4) is 0 Å². The minimum Gasteiger partial charge on any atom is -0.321 e. The molecule has 0 saturated carbocycles. The van der Waals surface area contributed by atoms with Crippen LogP contribution in [0.25, 0.3) is 0 Å². The van der Waals surface area contributed by atoms with Crippen molar-refractivity contribution >= 4 is 39.1 Å². The molecule has 0 aromatic heterocycles. The molecular formula is C15H13BrClNO. The Morgan fingerprint density at radius 3 is 2.47 bits per heavy atom. The number of hydrogen-bond donors (Lipinski definition) is 1. The van der Waals surface area contributed by atoms with Gasteiger partial charge in [-0.05, 0) is 53.0 Å². The molecule has 1 N–H and O–H groups in total. The van der Waals surface area contributed by atoms with Gasteiger partial charge in [-0.25, -0.2) is 0 Å². The predicted octanol–water partition coefficient (Wildman–Crippen LogP) is 4.97. The summed E-state index contributed by atoms with van der Waals surface area (Å²) < 4.78 is 0.882. The first-order valence-electron chi connectivity index (χ1n) is 5.82. The van der Waals surface area contributed by atoms with Crippen LogP contribution in [0.5, 0.6) is 0 Å². The van der Waals surface area contributed by atoms with Gasteiger partial charge in [0.1, 0.15) is 0 Å². The molecule has 1 amide bonds. The molecule has 2 nitrogen and oxygen atoms in total. The largest absolute Gasteiger partial charge is 0.321 e. The van der Waals surface area contributed by atoms with Crippen LogP contribution in [0, 0.1) is 13.8 Å². The van der Waals surface area contributed by atoms with E-state index in [0.717, 1.165) is 21.3 Å². The van der Waals surface area contributed by atoms with E-state index in [1.54, 1.807) is 6.07 Å². The Labute approximate surface area is 125 Å². The average molecular weight is 339 g/mol. The summed E-state index contributed by atoms with van der Waals surface area (Å²) in [4.78, 5) is 12.2. The van der Waals surface area contributed by atoms with E-state index in [9.17, 15) is 4.79 Å². The highest BCUT2D eigenvalue weighted by Crippen LogP contribution is 2.27. The van der Waals surface area contributed by atoms with Crippen molar-refractivity contribution in [2.45, 2.75) is 13.8 Å². The zero-order valence-electron chi connectivity index (χ0n) is 10.6. The molecule has 0 atom stereocenters. The summed E-state index contributed by atoms with van der Waals surface area (Å²) in [5.41, 5.74) is 3.17. The van der Waals surface area contributed by atoms with Gasteiger partial charge >= 0.3 is 0 Å². The van der Waals surface area contributed by atoms with Crippen LogP contribution in [0.2, 0.25) is 5.02 Å². The minimum atomic E-state index is -0.208. The van der Waals surface area contributed by atoms with E-state index in [1.807, 2.05) is 44.2 Å². The van der Waals surface area contributed by atoms with Crippen molar-refractivity contribution in [3.63, 3.8) is 0 Å². The van der Waals surface area contributed by atoms with Crippen molar-refractivity contribution in [3.05, 3.63) is 62.6 Å². The fourth-order valence-electron chi connectivity index (χ4n) is 1.76. The quantitative estimate of drug-likeness (QED) is 0.823. The summed E-state index contributed by atoms with van der Waals surface area (Å²) in [5.74, 6) is -0.208. The summed E-state index contributed by atoms with van der Waals surface area (Å²) >= 11 is 9.62. The zero-order chi connectivity index (χ0) is 14.0.